The number of benzene rings is 2. The van der Waals surface area contributed by atoms with Gasteiger partial charge in [-0.3, -0.25) is 0 Å². The molecule has 0 aliphatic rings. The van der Waals surface area contributed by atoms with Crippen molar-refractivity contribution in [1.82, 2.24) is 9.97 Å². The summed E-state index contributed by atoms with van der Waals surface area (Å²) in [5, 5.41) is 20.6. The first-order valence-electron chi connectivity index (χ1n) is 9.48. The van der Waals surface area contributed by atoms with Gasteiger partial charge in [-0.2, -0.15) is 5.26 Å². The van der Waals surface area contributed by atoms with Gasteiger partial charge in [0.25, 0.3) is 0 Å². The van der Waals surface area contributed by atoms with Crippen LogP contribution in [-0.2, 0) is 0 Å². The average molecular weight is 393 g/mol. The summed E-state index contributed by atoms with van der Waals surface area (Å²) in [6, 6.07) is 12.7. The van der Waals surface area contributed by atoms with Gasteiger partial charge in [-0.15, -0.1) is 0 Å². The second-order valence-electron chi connectivity index (χ2n) is 6.04. The van der Waals surface area contributed by atoms with Gasteiger partial charge in [0, 0.05) is 5.56 Å². The van der Waals surface area contributed by atoms with Crippen molar-refractivity contribution in [2.24, 2.45) is 0 Å². The summed E-state index contributed by atoms with van der Waals surface area (Å²) >= 11 is 0. The molecule has 150 valence electrons. The van der Waals surface area contributed by atoms with Crippen molar-refractivity contribution in [1.29, 1.82) is 5.26 Å². The van der Waals surface area contributed by atoms with Gasteiger partial charge in [-0.25, -0.2) is 4.98 Å². The third kappa shape index (κ3) is 4.11. The van der Waals surface area contributed by atoms with Crippen LogP contribution in [0.4, 0.5) is 0 Å². The Labute approximate surface area is 169 Å². The molecule has 0 fully saturated rings. The number of H-pyrrole nitrogens is 1. The van der Waals surface area contributed by atoms with Crippen molar-refractivity contribution in [3.63, 3.8) is 0 Å². The highest BCUT2D eigenvalue weighted by Gasteiger charge is 2.20. The van der Waals surface area contributed by atoms with Crippen LogP contribution in [0.3, 0.4) is 0 Å². The second kappa shape index (κ2) is 9.02. The molecule has 0 radical (unpaired) electrons. The first kappa shape index (κ1) is 20.1. The van der Waals surface area contributed by atoms with Crippen molar-refractivity contribution in [3.8, 4) is 23.3 Å². The molecule has 29 heavy (non-hydrogen) atoms. The van der Waals surface area contributed by atoms with E-state index in [1.54, 1.807) is 12.1 Å². The zero-order valence-corrected chi connectivity index (χ0v) is 16.7. The summed E-state index contributed by atoms with van der Waals surface area (Å²) in [6.45, 7) is 6.83. The van der Waals surface area contributed by atoms with Gasteiger partial charge in [0.15, 0.2) is 17.3 Å². The van der Waals surface area contributed by atoms with E-state index in [9.17, 15) is 10.4 Å². The number of para-hydroxylation sites is 2. The van der Waals surface area contributed by atoms with E-state index in [1.807, 2.05) is 51.1 Å². The van der Waals surface area contributed by atoms with Crippen LogP contribution in [0.2, 0.25) is 0 Å². The number of aliphatic hydroxyl groups excluding tert-OH is 1. The quantitative estimate of drug-likeness (QED) is 0.425. The van der Waals surface area contributed by atoms with Gasteiger partial charge < -0.3 is 24.3 Å². The molecule has 0 saturated heterocycles. The molecule has 0 bridgehead atoms. The molecule has 1 aromatic heterocycles. The van der Waals surface area contributed by atoms with Crippen LogP contribution in [0.5, 0.6) is 17.2 Å². The van der Waals surface area contributed by atoms with E-state index >= 15 is 0 Å². The zero-order chi connectivity index (χ0) is 20.8. The first-order chi connectivity index (χ1) is 14.1. The van der Waals surface area contributed by atoms with Crippen LogP contribution >= 0.6 is 0 Å². The molecule has 2 aromatic carbocycles. The summed E-state index contributed by atoms with van der Waals surface area (Å²) in [5.74, 6) is 1.40. The molecule has 2 N–H and O–H groups in total. The number of hydrogen-bond acceptors (Lipinski definition) is 6. The van der Waals surface area contributed by atoms with Gasteiger partial charge in [-0.05, 0) is 45.0 Å². The number of nitrogens with zero attached hydrogens (tertiary/aromatic N) is 2. The fourth-order valence-electron chi connectivity index (χ4n) is 2.96. The number of imidazole rings is 1. The topological polar surface area (TPSA) is 100 Å². The van der Waals surface area contributed by atoms with Gasteiger partial charge in [0.2, 0.25) is 5.75 Å². The van der Waals surface area contributed by atoms with Gasteiger partial charge in [0.1, 0.15) is 17.4 Å². The standard InChI is InChI=1S/C22H23N3O4/c1-4-27-18-11-14(12-19(28-5-2)21(18)29-6-3)20(26)15(13-23)22-24-16-9-7-8-10-17(16)25-22/h7-12,26H,4-6H2,1-3H3,(H,24,25). The number of ether oxygens (including phenoxy) is 3. The van der Waals surface area contributed by atoms with E-state index in [1.165, 1.54) is 0 Å². The lowest BCUT2D eigenvalue weighted by atomic mass is 10.1. The Morgan fingerprint density at radius 1 is 1.03 bits per heavy atom. The zero-order valence-electron chi connectivity index (χ0n) is 16.7. The van der Waals surface area contributed by atoms with Crippen molar-refractivity contribution in [2.75, 3.05) is 19.8 Å². The fourth-order valence-corrected chi connectivity index (χ4v) is 2.96. The summed E-state index contributed by atoms with van der Waals surface area (Å²) in [6.07, 6.45) is 0. The lowest BCUT2D eigenvalue weighted by Gasteiger charge is -2.17. The molecule has 7 heteroatoms. The Morgan fingerprint density at radius 3 is 2.21 bits per heavy atom. The van der Waals surface area contributed by atoms with Crippen molar-refractivity contribution >= 4 is 22.4 Å². The number of nitriles is 1. The van der Waals surface area contributed by atoms with Crippen LogP contribution in [0.15, 0.2) is 36.4 Å². The van der Waals surface area contributed by atoms with Crippen LogP contribution in [0.1, 0.15) is 32.2 Å². The molecule has 0 amide bonds. The third-order valence-electron chi connectivity index (χ3n) is 4.16. The molecule has 1 heterocycles. The van der Waals surface area contributed by atoms with Crippen LogP contribution in [-0.4, -0.2) is 34.9 Å². The predicted octanol–water partition coefficient (Wildman–Crippen LogP) is 4.71. The molecular weight excluding hydrogens is 370 g/mol. The highest BCUT2D eigenvalue weighted by molar-refractivity contribution is 5.94. The normalized spacial score (nSPS) is 11.7. The SMILES string of the molecule is CCOc1cc(C(O)=C(C#N)c2nc3ccccc3[nH]2)cc(OCC)c1OCC. The van der Waals surface area contributed by atoms with Gasteiger partial charge in [-0.1, -0.05) is 12.1 Å². The summed E-state index contributed by atoms with van der Waals surface area (Å²) < 4.78 is 17.1. The number of allylic oxidation sites excluding steroid dienone is 1. The van der Waals surface area contributed by atoms with Crippen molar-refractivity contribution in [3.05, 3.63) is 47.8 Å². The maximum absolute atomic E-state index is 10.9. The number of hydrogen-bond donors (Lipinski definition) is 2. The summed E-state index contributed by atoms with van der Waals surface area (Å²) in [4.78, 5) is 7.48. The van der Waals surface area contributed by atoms with Gasteiger partial charge >= 0.3 is 0 Å². The number of aromatic amines is 1. The lowest BCUT2D eigenvalue weighted by Crippen LogP contribution is -2.04. The van der Waals surface area contributed by atoms with Crippen LogP contribution < -0.4 is 14.2 Å². The van der Waals surface area contributed by atoms with E-state index in [0.29, 0.717) is 48.1 Å². The summed E-state index contributed by atoms with van der Waals surface area (Å²) in [7, 11) is 0. The van der Waals surface area contributed by atoms with E-state index in [4.69, 9.17) is 14.2 Å². The molecule has 0 saturated carbocycles. The summed E-state index contributed by atoms with van der Waals surface area (Å²) in [5.41, 5.74) is 1.88. The maximum atomic E-state index is 10.9. The first-order valence-corrected chi connectivity index (χ1v) is 9.48. The van der Waals surface area contributed by atoms with Crippen molar-refractivity contribution in [2.45, 2.75) is 20.8 Å². The van der Waals surface area contributed by atoms with Crippen LogP contribution in [0, 0.1) is 11.3 Å². The Balaban J connectivity index is 2.16. The number of fused-ring (bicyclic) bond motifs is 1. The third-order valence-corrected chi connectivity index (χ3v) is 4.16. The Morgan fingerprint density at radius 2 is 1.66 bits per heavy atom. The smallest absolute Gasteiger partial charge is 0.203 e. The minimum Gasteiger partial charge on any atom is -0.506 e. The molecule has 0 unspecified atom stereocenters. The van der Waals surface area contributed by atoms with Gasteiger partial charge in [0.05, 0.1) is 30.9 Å². The molecule has 0 atom stereocenters. The molecular formula is C22H23N3O4. The van der Waals surface area contributed by atoms with E-state index < -0.39 is 0 Å². The van der Waals surface area contributed by atoms with E-state index in [-0.39, 0.29) is 17.2 Å². The molecule has 3 rings (SSSR count). The lowest BCUT2D eigenvalue weighted by molar-refractivity contribution is 0.260. The van der Waals surface area contributed by atoms with E-state index in [0.717, 1.165) is 5.52 Å². The molecule has 0 aliphatic heterocycles. The average Bonchev–Trinajstić information content (AvgIpc) is 3.14. The number of aromatic nitrogens is 2. The van der Waals surface area contributed by atoms with E-state index in [2.05, 4.69) is 9.97 Å². The molecule has 0 spiro atoms. The molecule has 7 nitrogen and oxygen atoms in total. The minimum absolute atomic E-state index is 0.0234. The Hall–Kier alpha value is -3.66. The Bertz CT molecular complexity index is 1020. The van der Waals surface area contributed by atoms with Crippen molar-refractivity contribution < 1.29 is 19.3 Å². The molecule has 3 aromatic rings. The maximum Gasteiger partial charge on any atom is 0.203 e. The highest BCUT2D eigenvalue weighted by atomic mass is 16.5. The number of rotatable bonds is 8. The Kier molecular flexibility index (Phi) is 6.25. The number of nitrogens with one attached hydrogen (secondary N) is 1. The fraction of sp³-hybridized carbons (Fsp3) is 0.273. The second-order valence-corrected chi connectivity index (χ2v) is 6.04. The molecule has 0 aliphatic carbocycles. The minimum atomic E-state index is -0.225. The monoisotopic (exact) mass is 393 g/mol. The largest absolute Gasteiger partial charge is 0.506 e. The highest BCUT2D eigenvalue weighted by Crippen LogP contribution is 2.41. The van der Waals surface area contributed by atoms with Crippen LogP contribution in [0.25, 0.3) is 22.4 Å². The number of aliphatic hydroxyl groups is 1. The predicted molar refractivity (Wildman–Crippen MR) is 111 cm³/mol.